The van der Waals surface area contributed by atoms with Crippen molar-refractivity contribution in [3.05, 3.63) is 34.9 Å². The Labute approximate surface area is 108 Å². The van der Waals surface area contributed by atoms with E-state index in [9.17, 15) is 4.79 Å². The zero-order chi connectivity index (χ0) is 13.1. The van der Waals surface area contributed by atoms with Gasteiger partial charge in [0.25, 0.3) is 0 Å². The molecule has 18 heavy (non-hydrogen) atoms. The zero-order valence-electron chi connectivity index (χ0n) is 9.63. The van der Waals surface area contributed by atoms with E-state index in [2.05, 4.69) is 14.9 Å². The molecule has 0 atom stereocenters. The average Bonchev–Trinajstić information content (AvgIpc) is 2.74. The van der Waals surface area contributed by atoms with Crippen LogP contribution in [0.3, 0.4) is 0 Å². The Morgan fingerprint density at radius 3 is 2.72 bits per heavy atom. The number of hydrogen-bond donors (Lipinski definition) is 1. The third kappa shape index (κ3) is 2.43. The molecule has 1 aromatic carbocycles. The molecule has 0 fully saturated rings. The maximum Gasteiger partial charge on any atom is 0.225 e. The number of rotatable bonds is 3. The molecule has 0 spiro atoms. The lowest BCUT2D eigenvalue weighted by atomic mass is 10.2. The second kappa shape index (κ2) is 5.05. The molecule has 0 unspecified atom stereocenters. The van der Waals surface area contributed by atoms with Gasteiger partial charge in [0.15, 0.2) is 0 Å². The van der Waals surface area contributed by atoms with Crippen LogP contribution in [0.1, 0.15) is 12.5 Å². The molecule has 0 aliphatic heterocycles. The number of carbonyl (C=O) groups is 1. The normalized spacial score (nSPS) is 10.3. The number of aromatic nitrogens is 2. The summed E-state index contributed by atoms with van der Waals surface area (Å²) in [5.74, 6) is 0.0389. The van der Waals surface area contributed by atoms with Crippen molar-refractivity contribution in [1.29, 1.82) is 0 Å². The van der Waals surface area contributed by atoms with Crippen LogP contribution < -0.4 is 10.6 Å². The average molecular weight is 267 g/mol. The predicted molar refractivity (Wildman–Crippen MR) is 67.0 cm³/mol. The summed E-state index contributed by atoms with van der Waals surface area (Å²) in [5, 5.41) is 7.63. The van der Waals surface area contributed by atoms with Crippen LogP contribution in [-0.4, -0.2) is 16.2 Å². The minimum Gasteiger partial charge on any atom is -0.378 e. The Kier molecular flexibility index (Phi) is 3.47. The van der Waals surface area contributed by atoms with Crippen molar-refractivity contribution in [2.24, 2.45) is 0 Å². The number of carbonyl (C=O) groups excluding carboxylic acids is 1. The van der Waals surface area contributed by atoms with Gasteiger partial charge in [-0.3, -0.25) is 9.69 Å². The van der Waals surface area contributed by atoms with Crippen LogP contribution in [0.15, 0.2) is 28.9 Å². The molecule has 94 valence electrons. The first-order valence-corrected chi connectivity index (χ1v) is 5.57. The fraction of sp³-hybridized carbons (Fsp3) is 0.182. The first kappa shape index (κ1) is 12.4. The monoisotopic (exact) mass is 266 g/mol. The number of halogens is 1. The molecule has 1 heterocycles. The van der Waals surface area contributed by atoms with E-state index in [1.807, 2.05) is 18.2 Å². The Balaban J connectivity index is 2.31. The molecular weight excluding hydrogens is 256 g/mol. The minimum absolute atomic E-state index is 0.0669. The Morgan fingerprint density at radius 2 is 2.17 bits per heavy atom. The molecule has 0 aliphatic carbocycles. The largest absolute Gasteiger partial charge is 0.378 e. The number of nitrogens with zero attached hydrogens (tertiary/aromatic N) is 3. The van der Waals surface area contributed by atoms with Crippen molar-refractivity contribution in [3.63, 3.8) is 0 Å². The predicted octanol–water partition coefficient (Wildman–Crippen LogP) is 1.86. The van der Waals surface area contributed by atoms with E-state index >= 15 is 0 Å². The van der Waals surface area contributed by atoms with Gasteiger partial charge in [-0.1, -0.05) is 29.8 Å². The van der Waals surface area contributed by atoms with Crippen LogP contribution in [0.2, 0.25) is 5.02 Å². The molecule has 6 nitrogen and oxygen atoms in total. The molecule has 1 aromatic heterocycles. The Morgan fingerprint density at radius 1 is 1.44 bits per heavy atom. The number of anilines is 2. The van der Waals surface area contributed by atoms with Gasteiger partial charge in [0, 0.05) is 11.9 Å². The maximum atomic E-state index is 11.6. The summed E-state index contributed by atoms with van der Waals surface area (Å²) >= 11 is 6.05. The van der Waals surface area contributed by atoms with Gasteiger partial charge in [-0.2, -0.15) is 0 Å². The number of benzene rings is 1. The minimum atomic E-state index is -0.225. The van der Waals surface area contributed by atoms with Crippen molar-refractivity contribution in [3.8, 4) is 0 Å². The van der Waals surface area contributed by atoms with E-state index in [0.29, 0.717) is 5.02 Å². The van der Waals surface area contributed by atoms with Crippen LogP contribution in [-0.2, 0) is 11.3 Å². The highest BCUT2D eigenvalue weighted by Gasteiger charge is 2.20. The molecule has 7 heteroatoms. The second-order valence-electron chi connectivity index (χ2n) is 3.67. The van der Waals surface area contributed by atoms with Crippen LogP contribution in [0.4, 0.5) is 11.6 Å². The molecule has 0 bridgehead atoms. The van der Waals surface area contributed by atoms with Crippen molar-refractivity contribution in [1.82, 2.24) is 10.3 Å². The standard InChI is InChI=1S/C11H11ClN4O2/c1-7(17)16(11-10(13)14-18-15-11)6-8-4-2-3-5-9(8)12/h2-5H,6H2,1H3,(H2,13,14). The number of amides is 1. The van der Waals surface area contributed by atoms with Gasteiger partial charge in [-0.05, 0) is 21.9 Å². The summed E-state index contributed by atoms with van der Waals surface area (Å²) in [6.45, 7) is 1.67. The van der Waals surface area contributed by atoms with Gasteiger partial charge in [-0.15, -0.1) is 0 Å². The fourth-order valence-electron chi connectivity index (χ4n) is 1.51. The van der Waals surface area contributed by atoms with Gasteiger partial charge in [0.05, 0.1) is 6.54 Å². The van der Waals surface area contributed by atoms with E-state index in [0.717, 1.165) is 5.56 Å². The fourth-order valence-corrected chi connectivity index (χ4v) is 1.71. The van der Waals surface area contributed by atoms with E-state index in [4.69, 9.17) is 17.3 Å². The van der Waals surface area contributed by atoms with Gasteiger partial charge in [0.2, 0.25) is 17.5 Å². The summed E-state index contributed by atoms with van der Waals surface area (Å²) in [6.07, 6.45) is 0. The van der Waals surface area contributed by atoms with Crippen LogP contribution in [0.5, 0.6) is 0 Å². The summed E-state index contributed by atoms with van der Waals surface area (Å²) in [6, 6.07) is 7.22. The first-order chi connectivity index (χ1) is 8.59. The van der Waals surface area contributed by atoms with Crippen molar-refractivity contribution < 1.29 is 9.42 Å². The van der Waals surface area contributed by atoms with Crippen LogP contribution in [0, 0.1) is 0 Å². The highest BCUT2D eigenvalue weighted by Crippen LogP contribution is 2.23. The van der Waals surface area contributed by atoms with Crippen molar-refractivity contribution in [2.45, 2.75) is 13.5 Å². The highest BCUT2D eigenvalue weighted by atomic mass is 35.5. The third-order valence-electron chi connectivity index (χ3n) is 2.42. The lowest BCUT2D eigenvalue weighted by Gasteiger charge is -2.18. The summed E-state index contributed by atoms with van der Waals surface area (Å²) in [5.41, 5.74) is 6.37. The van der Waals surface area contributed by atoms with E-state index in [-0.39, 0.29) is 24.1 Å². The lowest BCUT2D eigenvalue weighted by Crippen LogP contribution is -2.29. The summed E-state index contributed by atoms with van der Waals surface area (Å²) in [4.78, 5) is 13.0. The van der Waals surface area contributed by atoms with E-state index < -0.39 is 0 Å². The number of nitrogen functional groups attached to an aromatic ring is 1. The van der Waals surface area contributed by atoms with Gasteiger partial charge in [-0.25, -0.2) is 4.63 Å². The Hall–Kier alpha value is -2.08. The quantitative estimate of drug-likeness (QED) is 0.916. The topological polar surface area (TPSA) is 85.2 Å². The third-order valence-corrected chi connectivity index (χ3v) is 2.79. The molecule has 2 N–H and O–H groups in total. The molecule has 0 saturated carbocycles. The van der Waals surface area contributed by atoms with Crippen LogP contribution >= 0.6 is 11.6 Å². The zero-order valence-corrected chi connectivity index (χ0v) is 10.4. The van der Waals surface area contributed by atoms with Gasteiger partial charge >= 0.3 is 0 Å². The number of nitrogens with two attached hydrogens (primary N) is 1. The number of hydrogen-bond acceptors (Lipinski definition) is 5. The highest BCUT2D eigenvalue weighted by molar-refractivity contribution is 6.31. The summed E-state index contributed by atoms with van der Waals surface area (Å²) in [7, 11) is 0. The maximum absolute atomic E-state index is 11.6. The lowest BCUT2D eigenvalue weighted by molar-refractivity contribution is -0.116. The second-order valence-corrected chi connectivity index (χ2v) is 4.08. The van der Waals surface area contributed by atoms with Gasteiger partial charge in [0.1, 0.15) is 0 Å². The molecule has 1 amide bonds. The van der Waals surface area contributed by atoms with E-state index in [1.165, 1.54) is 11.8 Å². The summed E-state index contributed by atoms with van der Waals surface area (Å²) < 4.78 is 4.49. The molecule has 2 rings (SSSR count). The molecule has 0 saturated heterocycles. The van der Waals surface area contributed by atoms with E-state index in [1.54, 1.807) is 6.07 Å². The van der Waals surface area contributed by atoms with Gasteiger partial charge < -0.3 is 5.73 Å². The molecule has 0 aliphatic rings. The molecular formula is C11H11ClN4O2. The van der Waals surface area contributed by atoms with Crippen LogP contribution in [0.25, 0.3) is 0 Å². The first-order valence-electron chi connectivity index (χ1n) is 5.19. The van der Waals surface area contributed by atoms with Crippen molar-refractivity contribution in [2.75, 3.05) is 10.6 Å². The van der Waals surface area contributed by atoms with Crippen molar-refractivity contribution >= 4 is 29.1 Å². The Bertz CT molecular complexity index is 570. The SMILES string of the molecule is CC(=O)N(Cc1ccccc1Cl)c1nonc1N. The molecule has 2 aromatic rings. The smallest absolute Gasteiger partial charge is 0.225 e. The molecule has 0 radical (unpaired) electrons.